The van der Waals surface area contributed by atoms with Crippen LogP contribution in [0.3, 0.4) is 0 Å². The minimum Gasteiger partial charge on any atom is -0.508 e. The average molecular weight is 557 g/mol. The van der Waals surface area contributed by atoms with Crippen molar-refractivity contribution in [2.24, 2.45) is 17.6 Å². The summed E-state index contributed by atoms with van der Waals surface area (Å²) < 4.78 is 29.7. The van der Waals surface area contributed by atoms with Gasteiger partial charge in [-0.25, -0.2) is 0 Å². The lowest BCUT2D eigenvalue weighted by Crippen LogP contribution is -2.67. The van der Waals surface area contributed by atoms with E-state index in [0.717, 1.165) is 7.11 Å². The number of Topliss-reactive ketones (excluding diaryl/α,β-unsaturated/α-hetero) is 2. The van der Waals surface area contributed by atoms with Gasteiger partial charge in [-0.2, -0.15) is 8.42 Å². The van der Waals surface area contributed by atoms with E-state index in [1.165, 1.54) is 44.1 Å². The number of fused-ring (bicyclic) bond motifs is 3. The fourth-order valence-corrected chi connectivity index (χ4v) is 5.50. The molecule has 0 bridgehead atoms. The second-order valence-corrected chi connectivity index (χ2v) is 10.7. The summed E-state index contributed by atoms with van der Waals surface area (Å²) in [7, 11) is -0.284. The third-order valence-corrected chi connectivity index (χ3v) is 7.65. The standard InChI is InChI=1S/C22H24N2O8.CH4O4S/c1-21(31)8-5-4-6-11(25)12(8)16(26)13-9(21)7-10-15(24(2)3)17(27)14(20(23)30)19(29)22(10,32)18(13)28;1-5-6(2,3)4/h4-6,9-10,15,25-26,29,31-32H,7H2,1-3H3,(H2,23,30);1H3,(H,2,3,4)/t9-,10-,15-,21+,22-;/m0./s1. The minimum absolute atomic E-state index is 0.170. The molecule has 0 heterocycles. The molecule has 1 saturated carbocycles. The molecule has 3 aliphatic rings. The lowest BCUT2D eigenvalue weighted by molar-refractivity contribution is -0.159. The number of phenols is 1. The number of carbonyl (C=O) groups is 3. The molecule has 3 aliphatic carbocycles. The van der Waals surface area contributed by atoms with Gasteiger partial charge in [0.2, 0.25) is 5.78 Å². The number of hydrogen-bond donors (Lipinski definition) is 7. The second-order valence-electron chi connectivity index (χ2n) is 9.55. The number of nitrogens with two attached hydrogens (primary N) is 1. The van der Waals surface area contributed by atoms with Crippen molar-refractivity contribution < 1.29 is 57.1 Å². The highest BCUT2D eigenvalue weighted by molar-refractivity contribution is 7.80. The first kappa shape index (κ1) is 29.2. The Labute approximate surface area is 217 Å². The van der Waals surface area contributed by atoms with Crippen LogP contribution in [0.15, 0.2) is 35.1 Å². The van der Waals surface area contributed by atoms with E-state index in [4.69, 9.17) is 10.3 Å². The van der Waals surface area contributed by atoms with E-state index in [9.17, 15) is 48.3 Å². The molecule has 5 atom stereocenters. The molecule has 0 aliphatic heterocycles. The van der Waals surface area contributed by atoms with Crippen molar-refractivity contribution >= 4 is 33.6 Å². The van der Waals surface area contributed by atoms with Gasteiger partial charge in [-0.15, -0.1) is 0 Å². The number of amides is 1. The number of rotatable bonds is 3. The molecule has 4 rings (SSSR count). The number of aromatic hydroxyl groups is 1. The highest BCUT2D eigenvalue weighted by Crippen LogP contribution is 2.57. The van der Waals surface area contributed by atoms with Crippen molar-refractivity contribution in [2.75, 3.05) is 21.2 Å². The highest BCUT2D eigenvalue weighted by atomic mass is 32.3. The summed E-state index contributed by atoms with van der Waals surface area (Å²) in [4.78, 5) is 40.0. The number of hydrogen-bond acceptors (Lipinski definition) is 12. The van der Waals surface area contributed by atoms with Gasteiger partial charge in [0, 0.05) is 17.4 Å². The van der Waals surface area contributed by atoms with E-state index < -0.39 is 85.4 Å². The maximum Gasteiger partial charge on any atom is 0.397 e. The van der Waals surface area contributed by atoms with E-state index in [1.54, 1.807) is 0 Å². The number of nitrogens with zero attached hydrogens (tertiary/aromatic N) is 1. The van der Waals surface area contributed by atoms with E-state index in [0.29, 0.717) is 0 Å². The molecular weight excluding hydrogens is 528 g/mol. The van der Waals surface area contributed by atoms with Crippen LogP contribution in [0, 0.1) is 11.8 Å². The van der Waals surface area contributed by atoms with Crippen LogP contribution >= 0.6 is 0 Å². The molecular formula is C23H28N2O12S. The van der Waals surface area contributed by atoms with Crippen molar-refractivity contribution in [3.8, 4) is 5.75 Å². The molecule has 0 saturated heterocycles. The average Bonchev–Trinajstić information content (AvgIpc) is 2.79. The third kappa shape index (κ3) is 4.26. The zero-order chi connectivity index (χ0) is 29.1. The molecule has 0 aromatic heterocycles. The molecule has 208 valence electrons. The molecule has 1 aromatic rings. The van der Waals surface area contributed by atoms with E-state index in [1.807, 2.05) is 0 Å². The Morgan fingerprint density at radius 2 is 1.71 bits per heavy atom. The van der Waals surface area contributed by atoms with Crippen LogP contribution in [0.5, 0.6) is 5.75 Å². The minimum atomic E-state index is -4.16. The Morgan fingerprint density at radius 1 is 1.16 bits per heavy atom. The van der Waals surface area contributed by atoms with Gasteiger partial charge in [0.1, 0.15) is 22.8 Å². The van der Waals surface area contributed by atoms with Crippen LogP contribution in [-0.2, 0) is 34.6 Å². The van der Waals surface area contributed by atoms with Gasteiger partial charge in [0.05, 0.1) is 24.3 Å². The van der Waals surface area contributed by atoms with Gasteiger partial charge in [0.15, 0.2) is 11.4 Å². The monoisotopic (exact) mass is 556 g/mol. The maximum atomic E-state index is 13.7. The summed E-state index contributed by atoms with van der Waals surface area (Å²) >= 11 is 0. The van der Waals surface area contributed by atoms with E-state index in [2.05, 4.69) is 4.18 Å². The quantitative estimate of drug-likeness (QED) is 0.176. The summed E-state index contributed by atoms with van der Waals surface area (Å²) in [6.45, 7) is 1.40. The van der Waals surface area contributed by atoms with E-state index >= 15 is 0 Å². The van der Waals surface area contributed by atoms with Gasteiger partial charge in [0.25, 0.3) is 5.91 Å². The first-order chi connectivity index (χ1) is 17.3. The Balaban J connectivity index is 0.000000599. The summed E-state index contributed by atoms with van der Waals surface area (Å²) in [5, 5.41) is 54.9. The van der Waals surface area contributed by atoms with Crippen molar-refractivity contribution in [1.29, 1.82) is 0 Å². The highest BCUT2D eigenvalue weighted by Gasteiger charge is 2.66. The van der Waals surface area contributed by atoms with Crippen LogP contribution in [0.1, 0.15) is 24.5 Å². The molecule has 38 heavy (non-hydrogen) atoms. The van der Waals surface area contributed by atoms with E-state index in [-0.39, 0.29) is 17.5 Å². The number of benzene rings is 1. The van der Waals surface area contributed by atoms with Crippen LogP contribution in [-0.4, -0.2) is 93.7 Å². The first-order valence-corrected chi connectivity index (χ1v) is 12.4. The lowest BCUT2D eigenvalue weighted by atomic mass is 9.54. The molecule has 0 spiro atoms. The predicted molar refractivity (Wildman–Crippen MR) is 129 cm³/mol. The number of ketones is 2. The molecule has 8 N–H and O–H groups in total. The summed E-state index contributed by atoms with van der Waals surface area (Å²) in [6.07, 6.45) is -0.200. The molecule has 1 amide bonds. The Hall–Kier alpha value is -3.34. The fourth-order valence-electron chi connectivity index (χ4n) is 5.50. The lowest BCUT2D eigenvalue weighted by Gasteiger charge is -2.53. The molecule has 0 unspecified atom stereocenters. The largest absolute Gasteiger partial charge is 0.508 e. The smallest absolute Gasteiger partial charge is 0.397 e. The molecule has 0 radical (unpaired) electrons. The molecule has 1 aromatic carbocycles. The van der Waals surface area contributed by atoms with Gasteiger partial charge in [-0.3, -0.25) is 28.0 Å². The van der Waals surface area contributed by atoms with Crippen molar-refractivity contribution in [3.05, 3.63) is 46.2 Å². The zero-order valence-corrected chi connectivity index (χ0v) is 21.6. The van der Waals surface area contributed by atoms with Gasteiger partial charge in [-0.05, 0) is 39.1 Å². The third-order valence-electron chi connectivity index (χ3n) is 7.23. The molecule has 1 fully saturated rings. The van der Waals surface area contributed by atoms with Crippen LogP contribution in [0.4, 0.5) is 0 Å². The predicted octanol–water partition coefficient (Wildman–Crippen LogP) is -0.935. The van der Waals surface area contributed by atoms with Crippen molar-refractivity contribution in [2.45, 2.75) is 30.6 Å². The topological polar surface area (TPSA) is 245 Å². The number of phenolic OH excluding ortho intramolecular Hbond substituents is 1. The molecule has 15 heteroatoms. The van der Waals surface area contributed by atoms with Gasteiger partial charge in [-0.1, -0.05) is 12.1 Å². The number of primary amides is 1. The maximum absolute atomic E-state index is 13.7. The number of aliphatic hydroxyl groups is 4. The Morgan fingerprint density at radius 3 is 2.18 bits per heavy atom. The number of likely N-dealkylation sites (N-methyl/N-ethyl adjacent to an activating group) is 1. The normalized spacial score (nSPS) is 30.8. The first-order valence-electron chi connectivity index (χ1n) is 11.1. The summed E-state index contributed by atoms with van der Waals surface area (Å²) in [5.41, 5.74) is -0.548. The van der Waals surface area contributed by atoms with Gasteiger partial charge < -0.3 is 31.3 Å². The number of carbonyl (C=O) groups excluding carboxylic acids is 3. The Kier molecular flexibility index (Phi) is 7.26. The van der Waals surface area contributed by atoms with Crippen LogP contribution < -0.4 is 5.73 Å². The molecule has 14 nitrogen and oxygen atoms in total. The van der Waals surface area contributed by atoms with Crippen molar-refractivity contribution in [3.63, 3.8) is 0 Å². The fraction of sp³-hybridized carbons (Fsp3) is 0.435. The van der Waals surface area contributed by atoms with Crippen LogP contribution in [0.25, 0.3) is 5.76 Å². The van der Waals surface area contributed by atoms with Gasteiger partial charge >= 0.3 is 10.4 Å². The van der Waals surface area contributed by atoms with Crippen LogP contribution in [0.2, 0.25) is 0 Å². The van der Waals surface area contributed by atoms with Crippen molar-refractivity contribution in [1.82, 2.24) is 4.90 Å². The Bertz CT molecular complexity index is 1390. The SMILES string of the molecule is CN(C)[C@@H]1C(=O)C(C(N)=O)=C(O)[C@@]2(O)C(=O)C3=C(O)c4c(O)cccc4[C@@](C)(O)[C@H]3C[C@@H]12.COS(=O)(=O)O. The summed E-state index contributed by atoms with van der Waals surface area (Å²) in [5.74, 6) is -7.90. The summed E-state index contributed by atoms with van der Waals surface area (Å²) in [6, 6.07) is 3.02. The second kappa shape index (κ2) is 9.44. The zero-order valence-electron chi connectivity index (χ0n) is 20.7. The number of aliphatic hydroxyl groups excluding tert-OH is 2.